The van der Waals surface area contributed by atoms with Crippen molar-refractivity contribution in [2.45, 2.75) is 202 Å². The third-order valence-electron chi connectivity index (χ3n) is 15.6. The van der Waals surface area contributed by atoms with Crippen LogP contribution in [0.2, 0.25) is 0 Å². The molecule has 618 valence electrons. The molecule has 0 heterocycles. The van der Waals surface area contributed by atoms with E-state index in [9.17, 15) is 137 Å². The van der Waals surface area contributed by atoms with Crippen molar-refractivity contribution < 1.29 is 137 Å². The highest BCUT2D eigenvalue weighted by Crippen LogP contribution is 2.11. The predicted octanol–water partition coefficient (Wildman–Crippen LogP) is -13.5. The summed E-state index contributed by atoms with van der Waals surface area (Å²) in [5.74, 6) is -26.5. The molecule has 0 bridgehead atoms. The lowest BCUT2D eigenvalue weighted by Gasteiger charge is -2.27. The van der Waals surface area contributed by atoms with E-state index in [1.54, 1.807) is 30.3 Å². The number of nitrogens with two attached hydrogens (primary N) is 4. The number of hydrogen-bond donors (Lipinski definition) is 28. The van der Waals surface area contributed by atoms with Crippen molar-refractivity contribution >= 4 is 124 Å². The zero-order valence-corrected chi connectivity index (χ0v) is 60.8. The second-order valence-corrected chi connectivity index (χ2v) is 25.0. The maximum Gasteiger partial charge on any atom is 0.305 e. The van der Waals surface area contributed by atoms with Crippen LogP contribution in [-0.2, 0) is 102 Å². The molecular weight excluding hydrogens is 1480 g/mol. The van der Waals surface area contributed by atoms with E-state index in [1.165, 1.54) is 6.92 Å². The molecule has 16 atom stereocenters. The highest BCUT2D eigenvalue weighted by atomic mass is 16.4. The standard InChI is InChI=1S/C63H98N20O28/c1-26(49(66)98)71-61(110)47(29(4)86)82-58(107)36(20-31-10-7-6-8-11-31)79-60(109)40(25-85)74-42(89)23-70-53(102)39(24-84)81-56(105)35(15-18-44(92)93)76-51(100)27(2)72-54(103)34(14-17-43(90)91)77-55(104)33(12-9-19-69-63(67)68)75-50(99)28(3)73-57(106)37(21-45(94)95)80-62(111)48(30(5)87)83-59(108)38(22-46(96)97)78-52(101)32(64)13-16-41(65)88/h6-8,10-11,26-30,32-40,47-48,84-87H,9,12-25,64H2,1-5H3,(H2,65,88)(H2,66,98)(H,70,102)(H,71,110)(H,72,103)(H,73,106)(H,74,89)(H,75,99)(H,76,100)(H,77,104)(H,78,101)(H,79,109)(H,80,111)(H,81,105)(H,82,107)(H,83,108)(H,90,91)(H,92,93)(H,94,95)(H,96,97)(H4,67,68,69)/t26-,27-,28-,29+,30+,32-,33-,34-,35-,36-,37-,38-,39-,40-,47-,48-/m0/s1. The summed E-state index contributed by atoms with van der Waals surface area (Å²) in [6.07, 6.45) is -10.6. The first-order chi connectivity index (χ1) is 51.8. The number of benzene rings is 1. The Bertz CT molecular complexity index is 3510. The molecule has 0 saturated carbocycles. The number of aliphatic hydroxyl groups is 4. The van der Waals surface area contributed by atoms with Gasteiger partial charge < -0.3 is 144 Å². The number of aliphatic hydroxyl groups excluding tert-OH is 4. The molecule has 32 N–H and O–H groups in total. The van der Waals surface area contributed by atoms with Gasteiger partial charge in [-0.3, -0.25) is 101 Å². The van der Waals surface area contributed by atoms with Gasteiger partial charge in [-0.2, -0.15) is 0 Å². The Labute approximate surface area is 631 Å². The zero-order valence-electron chi connectivity index (χ0n) is 60.8. The van der Waals surface area contributed by atoms with E-state index in [4.69, 9.17) is 28.3 Å². The molecule has 1 aromatic rings. The quantitative estimate of drug-likeness (QED) is 0.0164. The van der Waals surface area contributed by atoms with Crippen molar-refractivity contribution in [3.63, 3.8) is 0 Å². The van der Waals surface area contributed by atoms with Crippen LogP contribution >= 0.6 is 0 Å². The highest BCUT2D eigenvalue weighted by Gasteiger charge is 2.39. The summed E-state index contributed by atoms with van der Waals surface area (Å²) in [5, 5.41) is 119. The minimum absolute atomic E-state index is 0.124. The fourth-order valence-electron chi connectivity index (χ4n) is 9.45. The number of carboxylic acid groups (broad SMARTS) is 4. The van der Waals surface area contributed by atoms with Gasteiger partial charge in [0.25, 0.3) is 0 Å². The van der Waals surface area contributed by atoms with Crippen molar-refractivity contribution in [1.29, 1.82) is 5.41 Å². The molecule has 48 nitrogen and oxygen atoms in total. The summed E-state index contributed by atoms with van der Waals surface area (Å²) >= 11 is 0. The number of primary amides is 2. The lowest BCUT2D eigenvalue weighted by molar-refractivity contribution is -0.142. The number of carbonyl (C=O) groups excluding carboxylic acids is 16. The second-order valence-electron chi connectivity index (χ2n) is 25.0. The second kappa shape index (κ2) is 48.9. The first kappa shape index (κ1) is 96.7. The molecule has 0 fully saturated rings. The van der Waals surface area contributed by atoms with Crippen LogP contribution in [0, 0.1) is 5.41 Å². The molecule has 0 aliphatic carbocycles. The molecule has 0 saturated heterocycles. The van der Waals surface area contributed by atoms with Crippen LogP contribution in [0.3, 0.4) is 0 Å². The average Bonchev–Trinajstić information content (AvgIpc) is 0.865. The first-order valence-corrected chi connectivity index (χ1v) is 33.9. The molecule has 1 rings (SSSR count). The van der Waals surface area contributed by atoms with Crippen LogP contribution in [0.25, 0.3) is 0 Å². The molecule has 0 radical (unpaired) electrons. The summed E-state index contributed by atoms with van der Waals surface area (Å²) in [5.41, 5.74) is 21.8. The van der Waals surface area contributed by atoms with Gasteiger partial charge in [0, 0.05) is 32.2 Å². The molecule has 16 amide bonds. The maximum atomic E-state index is 14.1. The van der Waals surface area contributed by atoms with Crippen LogP contribution in [0.4, 0.5) is 0 Å². The number of nitrogens with one attached hydrogen (secondary N) is 16. The average molecular weight is 1580 g/mol. The largest absolute Gasteiger partial charge is 0.481 e. The van der Waals surface area contributed by atoms with Crippen LogP contribution in [0.1, 0.15) is 104 Å². The number of hydrogen-bond acceptors (Lipinski definition) is 26. The van der Waals surface area contributed by atoms with Gasteiger partial charge >= 0.3 is 23.9 Å². The van der Waals surface area contributed by atoms with E-state index in [0.29, 0.717) is 5.56 Å². The normalized spacial score (nSPS) is 15.2. The van der Waals surface area contributed by atoms with Crippen LogP contribution in [0.5, 0.6) is 0 Å². The third-order valence-corrected chi connectivity index (χ3v) is 15.6. The lowest BCUT2D eigenvalue weighted by atomic mass is 10.0. The fourth-order valence-corrected chi connectivity index (χ4v) is 9.45. The van der Waals surface area contributed by atoms with E-state index < -0.39 is 286 Å². The van der Waals surface area contributed by atoms with E-state index in [-0.39, 0.29) is 32.2 Å². The van der Waals surface area contributed by atoms with E-state index in [0.717, 1.165) is 27.7 Å². The van der Waals surface area contributed by atoms with Crippen LogP contribution in [-0.4, -0.2) is 288 Å². The Morgan fingerprint density at radius 3 is 1.19 bits per heavy atom. The number of rotatable bonds is 52. The predicted molar refractivity (Wildman–Crippen MR) is 376 cm³/mol. The summed E-state index contributed by atoms with van der Waals surface area (Å²) < 4.78 is 0. The number of aliphatic carboxylic acids is 4. The monoisotopic (exact) mass is 1580 g/mol. The minimum Gasteiger partial charge on any atom is -0.481 e. The van der Waals surface area contributed by atoms with Gasteiger partial charge in [-0.25, -0.2) is 0 Å². The maximum absolute atomic E-state index is 14.1. The van der Waals surface area contributed by atoms with Gasteiger partial charge in [-0.05, 0) is 72.3 Å². The van der Waals surface area contributed by atoms with E-state index >= 15 is 0 Å². The number of amides is 16. The minimum atomic E-state index is -2.15. The summed E-state index contributed by atoms with van der Waals surface area (Å²) in [6, 6.07) is -17.3. The Hall–Kier alpha value is -12.3. The molecule has 0 spiro atoms. The molecule has 1 aromatic carbocycles. The Morgan fingerprint density at radius 1 is 0.387 bits per heavy atom. The van der Waals surface area contributed by atoms with E-state index in [1.807, 2.05) is 26.6 Å². The van der Waals surface area contributed by atoms with Gasteiger partial charge in [0.2, 0.25) is 94.5 Å². The lowest BCUT2D eigenvalue weighted by Crippen LogP contribution is -2.61. The zero-order chi connectivity index (χ0) is 84.7. The van der Waals surface area contributed by atoms with Crippen LogP contribution in [0.15, 0.2) is 30.3 Å². The topological polar surface area (TPSA) is 812 Å². The molecule has 0 aliphatic rings. The number of carboxylic acids is 4. The van der Waals surface area contributed by atoms with Crippen LogP contribution < -0.4 is 103 Å². The molecule has 0 unspecified atom stereocenters. The Kier molecular flexibility index (Phi) is 42.6. The summed E-state index contributed by atoms with van der Waals surface area (Å²) in [4.78, 5) is 259. The highest BCUT2D eigenvalue weighted by molar-refractivity contribution is 6.01. The summed E-state index contributed by atoms with van der Waals surface area (Å²) in [6.45, 7) is 1.74. The third kappa shape index (κ3) is 37.4. The van der Waals surface area contributed by atoms with Gasteiger partial charge in [-0.15, -0.1) is 0 Å². The molecule has 0 aromatic heterocycles. The van der Waals surface area contributed by atoms with E-state index in [2.05, 4.69) is 53.2 Å². The van der Waals surface area contributed by atoms with Gasteiger partial charge in [0.05, 0.1) is 50.8 Å². The van der Waals surface area contributed by atoms with Crippen molar-refractivity contribution in [3.8, 4) is 0 Å². The number of guanidine groups is 1. The van der Waals surface area contributed by atoms with Crippen molar-refractivity contribution in [1.82, 2.24) is 79.8 Å². The fraction of sp³-hybridized carbons (Fsp3) is 0.571. The molecule has 0 aliphatic heterocycles. The number of carbonyl (C=O) groups is 20. The summed E-state index contributed by atoms with van der Waals surface area (Å²) in [7, 11) is 0. The van der Waals surface area contributed by atoms with Gasteiger partial charge in [0.1, 0.15) is 78.5 Å². The Morgan fingerprint density at radius 2 is 0.757 bits per heavy atom. The van der Waals surface area contributed by atoms with Crippen molar-refractivity contribution in [2.75, 3.05) is 26.3 Å². The molecule has 111 heavy (non-hydrogen) atoms. The van der Waals surface area contributed by atoms with Gasteiger partial charge in [0.15, 0.2) is 5.96 Å². The smallest absolute Gasteiger partial charge is 0.305 e. The SMILES string of the molecule is C[C@H](NC(=O)[C@@H](NC(=O)[C@H](Cc1ccccc1)NC(=O)[C@H](CO)NC(=O)CNC(=O)[C@H](CO)NC(=O)[C@H](CCC(=O)O)NC(=O)[C@H](C)NC(=O)[C@H](CCC(=O)O)NC(=O)[C@H](CCCNC(=N)N)NC(=O)[C@H](C)NC(=O)[C@H](CC(=O)O)NC(=O)[C@@H](NC(=O)[C@H](CC(=O)O)NC(=O)[C@@H](N)CCC(N)=O)[C@@H](C)O)[C@@H](C)O)C(N)=O. The first-order valence-electron chi connectivity index (χ1n) is 33.9. The van der Waals surface area contributed by atoms with Crippen molar-refractivity contribution in [2.24, 2.45) is 22.9 Å². The Balaban J connectivity index is 3.37. The molecular formula is C63H98N20O28. The van der Waals surface area contributed by atoms with Crippen molar-refractivity contribution in [3.05, 3.63) is 35.9 Å². The molecule has 48 heteroatoms. The van der Waals surface area contributed by atoms with Gasteiger partial charge in [-0.1, -0.05) is 30.3 Å².